The van der Waals surface area contributed by atoms with Gasteiger partial charge in [-0.05, 0) is 62.7 Å². The maximum atomic E-state index is 2.29. The van der Waals surface area contributed by atoms with E-state index < -0.39 is 0 Å². The molecule has 0 saturated heterocycles. The van der Waals surface area contributed by atoms with Crippen LogP contribution < -0.4 is 0 Å². The molecule has 0 saturated carbocycles. The zero-order valence-corrected chi connectivity index (χ0v) is 19.4. The molecule has 0 aromatic carbocycles. The minimum atomic E-state index is 0. The molecule has 0 N–H and O–H groups in total. The third-order valence-electron chi connectivity index (χ3n) is 4.02. The first-order valence-corrected chi connectivity index (χ1v) is 13.2. The predicted molar refractivity (Wildman–Crippen MR) is 114 cm³/mol. The maximum Gasteiger partial charge on any atom is 0 e. The van der Waals surface area contributed by atoms with Crippen molar-refractivity contribution in [3.63, 3.8) is 0 Å². The van der Waals surface area contributed by atoms with Crippen molar-refractivity contribution < 1.29 is 16.5 Å². The zero-order valence-electron chi connectivity index (χ0n) is 16.6. The van der Waals surface area contributed by atoms with Gasteiger partial charge in [-0.3, -0.25) is 0 Å². The molecule has 0 bridgehead atoms. The van der Waals surface area contributed by atoms with Crippen LogP contribution in [-0.2, 0) is 16.5 Å². The summed E-state index contributed by atoms with van der Waals surface area (Å²) in [5.41, 5.74) is 0. The van der Waals surface area contributed by atoms with Crippen molar-refractivity contribution in [3.8, 4) is 0 Å². The number of hydrogen-bond donors (Lipinski definition) is 0. The summed E-state index contributed by atoms with van der Waals surface area (Å²) in [5.74, 6) is 0. The molecular weight excluding hydrogens is 361 g/mol. The van der Waals surface area contributed by atoms with Gasteiger partial charge < -0.3 is 0 Å². The van der Waals surface area contributed by atoms with Crippen molar-refractivity contribution in [3.05, 3.63) is 24.3 Å². The van der Waals surface area contributed by atoms with Gasteiger partial charge >= 0.3 is 0 Å². The molecule has 142 valence electrons. The van der Waals surface area contributed by atoms with Crippen LogP contribution >= 0.6 is 15.8 Å². The SMILES string of the molecule is C1=C\CC/C=C\CC/1.CCP(CC)CC.CCP(CC)CC.[Ni]. The summed E-state index contributed by atoms with van der Waals surface area (Å²) in [6.07, 6.45) is 22.5. The van der Waals surface area contributed by atoms with Gasteiger partial charge in [0.2, 0.25) is 0 Å². The average Bonchev–Trinajstić information content (AvgIpc) is 2.51. The minimum absolute atomic E-state index is 0. The van der Waals surface area contributed by atoms with E-state index in [1.54, 1.807) is 0 Å². The first kappa shape index (κ1) is 28.6. The normalized spacial score (nSPS) is 16.0. The van der Waals surface area contributed by atoms with Crippen LogP contribution in [0.3, 0.4) is 0 Å². The van der Waals surface area contributed by atoms with Crippen LogP contribution in [0.2, 0.25) is 0 Å². The molecule has 23 heavy (non-hydrogen) atoms. The van der Waals surface area contributed by atoms with Gasteiger partial charge in [0, 0.05) is 16.5 Å². The Balaban J connectivity index is -0.000000257. The van der Waals surface area contributed by atoms with E-state index in [4.69, 9.17) is 0 Å². The van der Waals surface area contributed by atoms with Gasteiger partial charge in [0.1, 0.15) is 0 Å². The molecule has 0 atom stereocenters. The third kappa shape index (κ3) is 22.8. The van der Waals surface area contributed by atoms with Gasteiger partial charge in [0.15, 0.2) is 0 Å². The van der Waals surface area contributed by atoms with Gasteiger partial charge in [-0.25, -0.2) is 0 Å². The topological polar surface area (TPSA) is 0 Å². The summed E-state index contributed by atoms with van der Waals surface area (Å²) < 4.78 is 0. The minimum Gasteiger partial charge on any atom is -0.108 e. The Hall–Kier alpha value is 0.834. The van der Waals surface area contributed by atoms with Crippen molar-refractivity contribution >= 4 is 15.8 Å². The molecule has 1 aliphatic rings. The molecule has 0 unspecified atom stereocenters. The second-order valence-electron chi connectivity index (χ2n) is 5.34. The van der Waals surface area contributed by atoms with Crippen molar-refractivity contribution in [2.75, 3.05) is 37.0 Å². The Morgan fingerprint density at radius 3 is 0.739 bits per heavy atom. The van der Waals surface area contributed by atoms with Gasteiger partial charge in [-0.1, -0.05) is 65.8 Å². The largest absolute Gasteiger partial charge is 0.108 e. The number of rotatable bonds is 6. The van der Waals surface area contributed by atoms with E-state index >= 15 is 0 Å². The maximum absolute atomic E-state index is 2.29. The van der Waals surface area contributed by atoms with Gasteiger partial charge in [-0.15, -0.1) is 15.8 Å². The quantitative estimate of drug-likeness (QED) is 0.242. The third-order valence-corrected chi connectivity index (χ3v) is 9.38. The summed E-state index contributed by atoms with van der Waals surface area (Å²) in [6.45, 7) is 13.7. The van der Waals surface area contributed by atoms with E-state index in [2.05, 4.69) is 65.8 Å². The molecule has 0 radical (unpaired) electrons. The number of hydrogen-bond acceptors (Lipinski definition) is 0. The molecule has 0 heterocycles. The molecule has 0 aromatic rings. The van der Waals surface area contributed by atoms with Crippen LogP contribution in [0.25, 0.3) is 0 Å². The van der Waals surface area contributed by atoms with Crippen LogP contribution in [-0.4, -0.2) is 37.0 Å². The standard InChI is InChI=1S/C8H12.2C6H15P.Ni/c1-2-4-6-8-7-5-3-1;2*1-4-7(5-2)6-3;/h1-2,7-8H,3-6H2;2*4-6H2,1-3H3;/b2-1-,8-7-;;;. The van der Waals surface area contributed by atoms with E-state index in [-0.39, 0.29) is 16.5 Å². The van der Waals surface area contributed by atoms with E-state index in [1.165, 1.54) is 62.7 Å². The zero-order chi connectivity index (χ0) is 17.1. The van der Waals surface area contributed by atoms with Crippen molar-refractivity contribution in [2.45, 2.75) is 67.2 Å². The molecule has 0 nitrogen and oxygen atoms in total. The summed E-state index contributed by atoms with van der Waals surface area (Å²) in [4.78, 5) is 0. The molecule has 0 spiro atoms. The predicted octanol–water partition coefficient (Wildman–Crippen LogP) is 7.73. The Morgan fingerprint density at radius 2 is 0.652 bits per heavy atom. The van der Waals surface area contributed by atoms with Crippen molar-refractivity contribution in [1.82, 2.24) is 0 Å². The van der Waals surface area contributed by atoms with Gasteiger partial charge in [-0.2, -0.15) is 0 Å². The summed E-state index contributed by atoms with van der Waals surface area (Å²) in [6, 6.07) is 0. The van der Waals surface area contributed by atoms with Crippen LogP contribution in [0.4, 0.5) is 0 Å². The van der Waals surface area contributed by atoms with Crippen molar-refractivity contribution in [2.24, 2.45) is 0 Å². The molecule has 0 aliphatic heterocycles. The van der Waals surface area contributed by atoms with E-state index in [0.717, 1.165) is 0 Å². The first-order chi connectivity index (χ1) is 10.7. The Kier molecular flexibility index (Phi) is 31.2. The van der Waals surface area contributed by atoms with Crippen LogP contribution in [0.1, 0.15) is 67.2 Å². The first-order valence-electron chi connectivity index (χ1n) is 9.44. The van der Waals surface area contributed by atoms with Crippen LogP contribution in [0.5, 0.6) is 0 Å². The fraction of sp³-hybridized carbons (Fsp3) is 0.800. The molecular formula is C20H42NiP2. The number of allylic oxidation sites excluding steroid dienone is 4. The summed E-state index contributed by atoms with van der Waals surface area (Å²) in [5, 5.41) is 0. The second-order valence-corrected chi connectivity index (χ2v) is 11.8. The smallest absolute Gasteiger partial charge is 0 e. The Bertz CT molecular complexity index is 195. The fourth-order valence-electron chi connectivity index (χ4n) is 2.20. The van der Waals surface area contributed by atoms with Crippen molar-refractivity contribution in [1.29, 1.82) is 0 Å². The molecule has 0 amide bonds. The Labute approximate surface area is 160 Å². The van der Waals surface area contributed by atoms with E-state index in [1.807, 2.05) is 0 Å². The fourth-order valence-corrected chi connectivity index (χ4v) is 4.88. The average molecular weight is 403 g/mol. The van der Waals surface area contributed by atoms with E-state index in [0.29, 0.717) is 15.8 Å². The molecule has 1 rings (SSSR count). The Morgan fingerprint density at radius 1 is 0.478 bits per heavy atom. The van der Waals surface area contributed by atoms with Gasteiger partial charge in [0.25, 0.3) is 0 Å². The van der Waals surface area contributed by atoms with Gasteiger partial charge in [0.05, 0.1) is 0 Å². The molecule has 1 aliphatic carbocycles. The summed E-state index contributed by atoms with van der Waals surface area (Å²) in [7, 11) is 0.892. The van der Waals surface area contributed by atoms with E-state index in [9.17, 15) is 0 Å². The summed E-state index contributed by atoms with van der Waals surface area (Å²) >= 11 is 0. The monoisotopic (exact) mass is 402 g/mol. The second kappa shape index (κ2) is 25.1. The molecule has 3 heteroatoms. The molecule has 0 fully saturated rings. The van der Waals surface area contributed by atoms with Crippen LogP contribution in [0.15, 0.2) is 24.3 Å². The molecule has 0 aromatic heterocycles. The van der Waals surface area contributed by atoms with Crippen LogP contribution in [0, 0.1) is 0 Å².